The van der Waals surface area contributed by atoms with Crippen molar-refractivity contribution in [3.05, 3.63) is 17.5 Å². The van der Waals surface area contributed by atoms with Crippen molar-refractivity contribution < 1.29 is 23.1 Å². The zero-order valence-corrected chi connectivity index (χ0v) is 15.1. The molecule has 1 fully saturated rings. The summed E-state index contributed by atoms with van der Waals surface area (Å²) in [4.78, 5) is 23.8. The number of amides is 1. The lowest BCUT2D eigenvalue weighted by Crippen LogP contribution is -2.50. The molecular formula is C15H22N2O5S2. The Hall–Kier alpha value is -1.45. The van der Waals surface area contributed by atoms with Gasteiger partial charge in [0.1, 0.15) is 4.21 Å². The highest BCUT2D eigenvalue weighted by Crippen LogP contribution is 2.36. The van der Waals surface area contributed by atoms with Crippen molar-refractivity contribution in [2.45, 2.75) is 49.3 Å². The van der Waals surface area contributed by atoms with E-state index in [1.54, 1.807) is 11.4 Å². The summed E-state index contributed by atoms with van der Waals surface area (Å²) in [5, 5.41) is 13.7. The van der Waals surface area contributed by atoms with E-state index in [4.69, 9.17) is 0 Å². The van der Waals surface area contributed by atoms with Crippen molar-refractivity contribution in [2.24, 2.45) is 5.41 Å². The zero-order chi connectivity index (χ0) is 17.8. The zero-order valence-electron chi connectivity index (χ0n) is 13.4. The van der Waals surface area contributed by atoms with Crippen LogP contribution in [0.1, 0.15) is 39.0 Å². The smallest absolute Gasteiger partial charge is 0.311 e. The summed E-state index contributed by atoms with van der Waals surface area (Å²) < 4.78 is 26.7. The first-order valence-electron chi connectivity index (χ1n) is 7.84. The molecule has 3 N–H and O–H groups in total. The molecule has 1 aromatic rings. The Labute approximate surface area is 145 Å². The van der Waals surface area contributed by atoms with Crippen molar-refractivity contribution in [3.8, 4) is 0 Å². The number of carboxylic acid groups (broad SMARTS) is 1. The first-order chi connectivity index (χ1) is 11.3. The van der Waals surface area contributed by atoms with Gasteiger partial charge in [-0.15, -0.1) is 11.3 Å². The molecule has 1 aliphatic carbocycles. The van der Waals surface area contributed by atoms with Crippen LogP contribution in [0.2, 0.25) is 0 Å². The molecule has 0 aromatic carbocycles. The van der Waals surface area contributed by atoms with Crippen LogP contribution >= 0.6 is 11.3 Å². The number of carboxylic acids is 1. The fourth-order valence-corrected chi connectivity index (χ4v) is 5.08. The van der Waals surface area contributed by atoms with Crippen LogP contribution in [0.4, 0.5) is 0 Å². The van der Waals surface area contributed by atoms with E-state index in [-0.39, 0.29) is 10.8 Å². The molecule has 2 rings (SSSR count). The minimum absolute atomic E-state index is 0.0201. The van der Waals surface area contributed by atoms with E-state index in [0.29, 0.717) is 12.8 Å². The topological polar surface area (TPSA) is 113 Å². The van der Waals surface area contributed by atoms with Crippen molar-refractivity contribution >= 4 is 33.2 Å². The van der Waals surface area contributed by atoms with Crippen LogP contribution < -0.4 is 10.0 Å². The SMILES string of the molecule is CC(NS(=O)(=O)c1cccs1)C(=O)NCC1(C(=O)O)CCCCC1. The number of carbonyl (C=O) groups is 2. The summed E-state index contributed by atoms with van der Waals surface area (Å²) in [6, 6.07) is 2.09. The van der Waals surface area contributed by atoms with Gasteiger partial charge in [-0.25, -0.2) is 8.42 Å². The van der Waals surface area contributed by atoms with Crippen LogP contribution in [0.25, 0.3) is 0 Å². The van der Waals surface area contributed by atoms with Crippen LogP contribution in [-0.4, -0.2) is 38.0 Å². The average molecular weight is 374 g/mol. The predicted octanol–water partition coefficient (Wildman–Crippen LogP) is 1.57. The Morgan fingerprint density at radius 3 is 2.54 bits per heavy atom. The van der Waals surface area contributed by atoms with Gasteiger partial charge >= 0.3 is 5.97 Å². The monoisotopic (exact) mass is 374 g/mol. The third kappa shape index (κ3) is 4.34. The molecular weight excluding hydrogens is 352 g/mol. The van der Waals surface area contributed by atoms with Gasteiger partial charge in [0.05, 0.1) is 11.5 Å². The Bertz CT molecular complexity index is 679. The summed E-state index contributed by atoms with van der Waals surface area (Å²) in [5.74, 6) is -1.43. The maximum atomic E-state index is 12.2. The fourth-order valence-electron chi connectivity index (χ4n) is 2.86. The van der Waals surface area contributed by atoms with E-state index >= 15 is 0 Å². The molecule has 0 bridgehead atoms. The van der Waals surface area contributed by atoms with E-state index in [1.165, 1.54) is 13.0 Å². The molecule has 134 valence electrons. The lowest BCUT2D eigenvalue weighted by molar-refractivity contribution is -0.151. The van der Waals surface area contributed by atoms with Gasteiger partial charge < -0.3 is 10.4 Å². The van der Waals surface area contributed by atoms with Crippen LogP contribution in [0.3, 0.4) is 0 Å². The summed E-state index contributed by atoms with van der Waals surface area (Å²) in [6.45, 7) is 1.46. The van der Waals surface area contributed by atoms with Crippen LogP contribution in [-0.2, 0) is 19.6 Å². The second-order valence-electron chi connectivity index (χ2n) is 6.14. The van der Waals surface area contributed by atoms with E-state index in [0.717, 1.165) is 30.6 Å². The van der Waals surface area contributed by atoms with E-state index < -0.39 is 33.4 Å². The number of nitrogens with one attached hydrogen (secondary N) is 2. The Morgan fingerprint density at radius 2 is 2.00 bits per heavy atom. The largest absolute Gasteiger partial charge is 0.481 e. The first kappa shape index (κ1) is 18.9. The second kappa shape index (κ2) is 7.62. The number of thiophene rings is 1. The Kier molecular flexibility index (Phi) is 6.00. The maximum absolute atomic E-state index is 12.2. The summed E-state index contributed by atoms with van der Waals surface area (Å²) in [5.41, 5.74) is -0.944. The van der Waals surface area contributed by atoms with Crippen LogP contribution in [0.5, 0.6) is 0 Å². The molecule has 7 nitrogen and oxygen atoms in total. The molecule has 1 aliphatic rings. The molecule has 24 heavy (non-hydrogen) atoms. The third-order valence-corrected chi connectivity index (χ3v) is 7.29. The molecule has 0 radical (unpaired) electrons. The van der Waals surface area contributed by atoms with Crippen molar-refractivity contribution in [3.63, 3.8) is 0 Å². The molecule has 1 amide bonds. The predicted molar refractivity (Wildman–Crippen MR) is 90.3 cm³/mol. The van der Waals surface area contributed by atoms with E-state index in [1.807, 2.05) is 0 Å². The number of aliphatic carboxylic acids is 1. The Balaban J connectivity index is 1.95. The van der Waals surface area contributed by atoms with Gasteiger partial charge in [-0.1, -0.05) is 25.3 Å². The number of sulfonamides is 1. The molecule has 1 heterocycles. The number of carbonyl (C=O) groups excluding carboxylic acids is 1. The van der Waals surface area contributed by atoms with Crippen molar-refractivity contribution in [2.75, 3.05) is 6.54 Å². The average Bonchev–Trinajstić information content (AvgIpc) is 3.08. The summed E-state index contributed by atoms with van der Waals surface area (Å²) in [6.07, 6.45) is 3.70. The Morgan fingerprint density at radius 1 is 1.33 bits per heavy atom. The summed E-state index contributed by atoms with van der Waals surface area (Å²) in [7, 11) is -3.74. The minimum Gasteiger partial charge on any atom is -0.481 e. The quantitative estimate of drug-likeness (QED) is 0.670. The standard InChI is InChI=1S/C15H22N2O5S2/c1-11(17-24(21,22)12-6-5-9-23-12)13(18)16-10-15(14(19)20)7-3-2-4-8-15/h5-6,9,11,17H,2-4,7-8,10H2,1H3,(H,16,18)(H,19,20). The number of rotatable bonds is 7. The molecule has 0 saturated heterocycles. The fraction of sp³-hybridized carbons (Fsp3) is 0.600. The van der Waals surface area contributed by atoms with Gasteiger partial charge in [0, 0.05) is 6.54 Å². The number of hydrogen-bond donors (Lipinski definition) is 3. The second-order valence-corrected chi connectivity index (χ2v) is 9.03. The molecule has 9 heteroatoms. The highest BCUT2D eigenvalue weighted by atomic mass is 32.2. The van der Waals surface area contributed by atoms with Gasteiger partial charge in [0.2, 0.25) is 5.91 Å². The van der Waals surface area contributed by atoms with Crippen molar-refractivity contribution in [1.82, 2.24) is 10.0 Å². The van der Waals surface area contributed by atoms with Gasteiger partial charge in [-0.05, 0) is 31.2 Å². The molecule has 1 saturated carbocycles. The molecule has 1 atom stereocenters. The van der Waals surface area contributed by atoms with Crippen LogP contribution in [0.15, 0.2) is 21.7 Å². The molecule has 1 unspecified atom stereocenters. The maximum Gasteiger partial charge on any atom is 0.311 e. The van der Waals surface area contributed by atoms with Crippen molar-refractivity contribution in [1.29, 1.82) is 0 Å². The molecule has 0 aliphatic heterocycles. The molecule has 0 spiro atoms. The van der Waals surface area contributed by atoms with Gasteiger partial charge in [-0.2, -0.15) is 4.72 Å². The lowest BCUT2D eigenvalue weighted by Gasteiger charge is -2.33. The van der Waals surface area contributed by atoms with E-state index in [9.17, 15) is 23.1 Å². The third-order valence-electron chi connectivity index (χ3n) is 4.35. The summed E-state index contributed by atoms with van der Waals surface area (Å²) >= 11 is 1.06. The lowest BCUT2D eigenvalue weighted by atomic mass is 9.74. The van der Waals surface area contributed by atoms with Gasteiger partial charge in [-0.3, -0.25) is 9.59 Å². The normalized spacial score (nSPS) is 18.7. The van der Waals surface area contributed by atoms with Gasteiger partial charge in [0.25, 0.3) is 10.0 Å². The number of hydrogen-bond acceptors (Lipinski definition) is 5. The minimum atomic E-state index is -3.74. The molecule has 1 aromatic heterocycles. The first-order valence-corrected chi connectivity index (χ1v) is 10.2. The van der Waals surface area contributed by atoms with E-state index in [2.05, 4.69) is 10.0 Å². The van der Waals surface area contributed by atoms with Gasteiger partial charge in [0.15, 0.2) is 0 Å². The highest BCUT2D eigenvalue weighted by molar-refractivity contribution is 7.91. The highest BCUT2D eigenvalue weighted by Gasteiger charge is 2.40. The van der Waals surface area contributed by atoms with Crippen LogP contribution in [0, 0.1) is 5.41 Å².